The molecule has 0 bridgehead atoms. The summed E-state index contributed by atoms with van der Waals surface area (Å²) in [5, 5.41) is 80.5. The van der Waals surface area contributed by atoms with Crippen molar-refractivity contribution in [2.24, 2.45) is 0 Å². The molecule has 0 radical (unpaired) electrons. The standard InChI is InChI=1S/C28H24O13/c29-14-8-6-13(7-9-14)22-15(10-12-4-2-1-3-5-12)19(30)18-16(39-22)11-17(20(31)21(18)32)40-27-25(34)28(37,38)24(33)23(41-27)26(35)36/h1-9,11,23-25,27,29,31-34,37-38H,10H2,(H,35,36)/t23-,24+,25-,27+/m0/s1. The molecule has 4 aromatic rings. The Morgan fingerprint density at radius 2 is 1.59 bits per heavy atom. The van der Waals surface area contributed by atoms with Crippen LogP contribution < -0.4 is 10.2 Å². The molecule has 8 N–H and O–H groups in total. The molecular weight excluding hydrogens is 544 g/mol. The maximum absolute atomic E-state index is 13.7. The number of hydrogen-bond donors (Lipinski definition) is 8. The van der Waals surface area contributed by atoms with Crippen LogP contribution in [0.3, 0.4) is 0 Å². The SMILES string of the molecule is O=C(O)[C@H]1O[C@@H](Oc2cc3oc(-c4ccc(O)cc4)c(Cc4ccccc4)c(=O)c3c(O)c2O)[C@H](O)C(O)(O)[C@@H]1O. The van der Waals surface area contributed by atoms with Gasteiger partial charge in [-0.2, -0.15) is 0 Å². The Kier molecular flexibility index (Phi) is 7.07. The van der Waals surface area contributed by atoms with Crippen LogP contribution in [-0.2, 0) is 16.0 Å². The third-order valence-corrected chi connectivity index (χ3v) is 6.73. The molecule has 0 amide bonds. The molecule has 1 aromatic heterocycles. The summed E-state index contributed by atoms with van der Waals surface area (Å²) in [4.78, 5) is 25.2. The maximum Gasteiger partial charge on any atom is 0.335 e. The minimum atomic E-state index is -3.40. The van der Waals surface area contributed by atoms with Crippen LogP contribution in [0.1, 0.15) is 11.1 Å². The van der Waals surface area contributed by atoms with Crippen molar-refractivity contribution in [2.45, 2.75) is 36.8 Å². The summed E-state index contributed by atoms with van der Waals surface area (Å²) in [6.07, 6.45) is -9.28. The van der Waals surface area contributed by atoms with Crippen LogP contribution in [0.4, 0.5) is 0 Å². The third-order valence-electron chi connectivity index (χ3n) is 6.73. The number of carboxylic acids is 1. The molecule has 0 aliphatic carbocycles. The fourth-order valence-electron chi connectivity index (χ4n) is 4.54. The Morgan fingerprint density at radius 3 is 2.22 bits per heavy atom. The third kappa shape index (κ3) is 4.92. The van der Waals surface area contributed by atoms with E-state index in [2.05, 4.69) is 0 Å². The number of phenols is 3. The minimum absolute atomic E-state index is 0.0422. The van der Waals surface area contributed by atoms with E-state index in [0.29, 0.717) is 5.56 Å². The second kappa shape index (κ2) is 10.4. The Hall–Kier alpha value is -4.66. The Balaban J connectivity index is 1.65. The van der Waals surface area contributed by atoms with E-state index in [9.17, 15) is 50.4 Å². The van der Waals surface area contributed by atoms with Crippen molar-refractivity contribution in [3.8, 4) is 34.3 Å². The van der Waals surface area contributed by atoms with Gasteiger partial charge in [-0.1, -0.05) is 30.3 Å². The zero-order valence-electron chi connectivity index (χ0n) is 20.9. The van der Waals surface area contributed by atoms with Gasteiger partial charge in [-0.3, -0.25) is 4.79 Å². The largest absolute Gasteiger partial charge is 0.508 e. The molecule has 0 unspecified atom stereocenters. The van der Waals surface area contributed by atoms with Gasteiger partial charge in [-0.25, -0.2) is 4.79 Å². The number of carboxylic acid groups (broad SMARTS) is 1. The molecule has 0 saturated carbocycles. The van der Waals surface area contributed by atoms with E-state index in [0.717, 1.165) is 11.6 Å². The summed E-state index contributed by atoms with van der Waals surface area (Å²) in [6.45, 7) is 0. The van der Waals surface area contributed by atoms with Gasteiger partial charge in [-0.15, -0.1) is 0 Å². The number of carbonyl (C=O) groups is 1. The van der Waals surface area contributed by atoms with Gasteiger partial charge in [0.15, 0.2) is 23.7 Å². The van der Waals surface area contributed by atoms with Gasteiger partial charge in [0.2, 0.25) is 23.3 Å². The molecule has 13 heteroatoms. The quantitative estimate of drug-likeness (QED) is 0.119. The first-order valence-electron chi connectivity index (χ1n) is 12.1. The van der Waals surface area contributed by atoms with Crippen LogP contribution in [0.5, 0.6) is 23.0 Å². The van der Waals surface area contributed by atoms with Crippen molar-refractivity contribution in [3.63, 3.8) is 0 Å². The highest BCUT2D eigenvalue weighted by atomic mass is 16.7. The van der Waals surface area contributed by atoms with Crippen molar-refractivity contribution in [1.82, 2.24) is 0 Å². The Morgan fingerprint density at radius 1 is 0.927 bits per heavy atom. The molecule has 1 saturated heterocycles. The highest BCUT2D eigenvalue weighted by Gasteiger charge is 2.58. The molecule has 2 heterocycles. The molecule has 1 aliphatic heterocycles. The van der Waals surface area contributed by atoms with Crippen LogP contribution in [0.2, 0.25) is 0 Å². The van der Waals surface area contributed by atoms with Crippen LogP contribution in [-0.4, -0.2) is 77.2 Å². The predicted molar refractivity (Wildman–Crippen MR) is 138 cm³/mol. The molecule has 1 fully saturated rings. The van der Waals surface area contributed by atoms with E-state index in [1.165, 1.54) is 24.3 Å². The Labute approximate surface area is 229 Å². The first kappa shape index (κ1) is 27.9. The van der Waals surface area contributed by atoms with Gasteiger partial charge < -0.3 is 54.7 Å². The van der Waals surface area contributed by atoms with Crippen molar-refractivity contribution in [2.75, 3.05) is 0 Å². The van der Waals surface area contributed by atoms with Gasteiger partial charge in [0, 0.05) is 23.6 Å². The van der Waals surface area contributed by atoms with Gasteiger partial charge in [0.25, 0.3) is 0 Å². The Bertz CT molecular complexity index is 1660. The van der Waals surface area contributed by atoms with Crippen molar-refractivity contribution >= 4 is 16.9 Å². The zero-order valence-corrected chi connectivity index (χ0v) is 20.9. The van der Waals surface area contributed by atoms with E-state index in [-0.39, 0.29) is 29.1 Å². The summed E-state index contributed by atoms with van der Waals surface area (Å²) in [7, 11) is 0. The summed E-state index contributed by atoms with van der Waals surface area (Å²) in [5.74, 6) is -7.88. The fraction of sp³-hybridized carbons (Fsp3) is 0.214. The van der Waals surface area contributed by atoms with E-state index in [1.807, 2.05) is 0 Å². The first-order chi connectivity index (χ1) is 19.4. The lowest BCUT2D eigenvalue weighted by atomic mass is 9.95. The van der Waals surface area contributed by atoms with Crippen molar-refractivity contribution < 1.29 is 59.5 Å². The van der Waals surface area contributed by atoms with Crippen LogP contribution >= 0.6 is 0 Å². The van der Waals surface area contributed by atoms with Crippen molar-refractivity contribution in [3.05, 3.63) is 82.0 Å². The number of aliphatic hydroxyl groups is 4. The number of aliphatic carboxylic acids is 1. The predicted octanol–water partition coefficient (Wildman–Crippen LogP) is 0.759. The molecule has 5 rings (SSSR count). The fourth-order valence-corrected chi connectivity index (χ4v) is 4.54. The number of benzene rings is 3. The first-order valence-corrected chi connectivity index (χ1v) is 12.1. The molecule has 13 nitrogen and oxygen atoms in total. The molecule has 214 valence electrons. The van der Waals surface area contributed by atoms with E-state index in [1.54, 1.807) is 30.3 Å². The lowest BCUT2D eigenvalue weighted by Crippen LogP contribution is -2.69. The summed E-state index contributed by atoms with van der Waals surface area (Å²) in [5.41, 5.74) is 0.229. The number of hydrogen-bond acceptors (Lipinski definition) is 12. The summed E-state index contributed by atoms with van der Waals surface area (Å²) < 4.78 is 16.3. The summed E-state index contributed by atoms with van der Waals surface area (Å²) in [6, 6.07) is 15.6. The average molecular weight is 568 g/mol. The smallest absolute Gasteiger partial charge is 0.335 e. The number of rotatable bonds is 6. The van der Waals surface area contributed by atoms with E-state index < -0.39 is 64.4 Å². The number of aromatic hydroxyl groups is 3. The van der Waals surface area contributed by atoms with Crippen LogP contribution in [0.15, 0.2) is 69.9 Å². The van der Waals surface area contributed by atoms with E-state index in [4.69, 9.17) is 13.9 Å². The van der Waals surface area contributed by atoms with Gasteiger partial charge in [0.05, 0.1) is 0 Å². The highest BCUT2D eigenvalue weighted by molar-refractivity contribution is 5.90. The minimum Gasteiger partial charge on any atom is -0.508 e. The number of aliphatic hydroxyl groups excluding tert-OH is 2. The molecule has 1 aliphatic rings. The van der Waals surface area contributed by atoms with Crippen LogP contribution in [0.25, 0.3) is 22.3 Å². The van der Waals surface area contributed by atoms with Gasteiger partial charge in [-0.05, 0) is 29.8 Å². The zero-order chi connectivity index (χ0) is 29.6. The van der Waals surface area contributed by atoms with Gasteiger partial charge in [0.1, 0.15) is 28.6 Å². The molecule has 41 heavy (non-hydrogen) atoms. The van der Waals surface area contributed by atoms with E-state index >= 15 is 0 Å². The second-order valence-electron chi connectivity index (χ2n) is 9.45. The second-order valence-corrected chi connectivity index (χ2v) is 9.45. The lowest BCUT2D eigenvalue weighted by molar-refractivity contribution is -0.369. The number of fused-ring (bicyclic) bond motifs is 1. The molecule has 0 spiro atoms. The monoisotopic (exact) mass is 568 g/mol. The lowest BCUT2D eigenvalue weighted by Gasteiger charge is -2.43. The van der Waals surface area contributed by atoms with Gasteiger partial charge >= 0.3 is 5.97 Å². The molecule has 4 atom stereocenters. The summed E-state index contributed by atoms with van der Waals surface area (Å²) >= 11 is 0. The molecular formula is C28H24O13. The highest BCUT2D eigenvalue weighted by Crippen LogP contribution is 2.44. The van der Waals surface area contributed by atoms with Crippen LogP contribution in [0, 0.1) is 0 Å². The average Bonchev–Trinajstić information content (AvgIpc) is 2.94. The molecule has 3 aromatic carbocycles. The van der Waals surface area contributed by atoms with Crippen molar-refractivity contribution in [1.29, 1.82) is 0 Å². The normalized spacial score (nSPS) is 22.0. The topological polar surface area (TPSA) is 228 Å². The maximum atomic E-state index is 13.7. The number of ether oxygens (including phenoxy) is 2. The number of phenolic OH excluding ortho intramolecular Hbond substituents is 3.